The van der Waals surface area contributed by atoms with Gasteiger partial charge in [-0.1, -0.05) is 19.4 Å². The van der Waals surface area contributed by atoms with Crippen molar-refractivity contribution >= 4 is 17.0 Å². The molecule has 27 heavy (non-hydrogen) atoms. The van der Waals surface area contributed by atoms with Crippen LogP contribution in [0.5, 0.6) is 5.75 Å². The van der Waals surface area contributed by atoms with Gasteiger partial charge in [-0.15, -0.1) is 11.3 Å². The van der Waals surface area contributed by atoms with Crippen molar-refractivity contribution in [3.63, 3.8) is 0 Å². The lowest BCUT2D eigenvalue weighted by molar-refractivity contribution is 0.414. The molecule has 0 spiro atoms. The minimum atomic E-state index is -0.0546. The Hall–Kier alpha value is -2.60. The zero-order valence-corrected chi connectivity index (χ0v) is 16.8. The van der Waals surface area contributed by atoms with Gasteiger partial charge in [0, 0.05) is 29.2 Å². The highest BCUT2D eigenvalue weighted by atomic mass is 32.1. The van der Waals surface area contributed by atoms with Gasteiger partial charge in [0.05, 0.1) is 18.4 Å². The van der Waals surface area contributed by atoms with Crippen molar-refractivity contribution in [2.24, 2.45) is 4.99 Å². The molecule has 0 aliphatic heterocycles. The number of H-pyrrole nitrogens is 1. The average molecular weight is 384 g/mol. The van der Waals surface area contributed by atoms with E-state index in [1.165, 1.54) is 4.88 Å². The highest BCUT2D eigenvalue weighted by Crippen LogP contribution is 2.16. The van der Waals surface area contributed by atoms with Crippen molar-refractivity contribution in [2.75, 3.05) is 13.7 Å². The predicted molar refractivity (Wildman–Crippen MR) is 112 cm³/mol. The molecule has 2 aromatic heterocycles. The number of benzene rings is 1. The molecule has 1 N–H and O–H groups in total. The molecule has 0 bridgehead atoms. The van der Waals surface area contributed by atoms with Crippen LogP contribution in [0.1, 0.15) is 36.4 Å². The van der Waals surface area contributed by atoms with E-state index in [0.717, 1.165) is 42.1 Å². The lowest BCUT2D eigenvalue weighted by Crippen LogP contribution is -2.20. The molecule has 0 aliphatic carbocycles. The van der Waals surface area contributed by atoms with Gasteiger partial charge in [0.1, 0.15) is 5.75 Å². The molecule has 0 atom stereocenters. The normalized spacial score (nSPS) is 11.7. The van der Waals surface area contributed by atoms with Gasteiger partial charge in [-0.05, 0) is 49.1 Å². The fourth-order valence-electron chi connectivity index (χ4n) is 3.07. The third-order valence-electron chi connectivity index (χ3n) is 4.45. The van der Waals surface area contributed by atoms with Crippen LogP contribution in [0.15, 0.2) is 51.6 Å². The Morgan fingerprint density at radius 2 is 2.00 bits per heavy atom. The number of hydrogen-bond acceptors (Lipinski definition) is 4. The van der Waals surface area contributed by atoms with Gasteiger partial charge >= 0.3 is 0 Å². The van der Waals surface area contributed by atoms with Crippen molar-refractivity contribution in [1.29, 1.82) is 0 Å². The van der Waals surface area contributed by atoms with Crippen molar-refractivity contribution in [3.8, 4) is 11.4 Å². The topological polar surface area (TPSA) is 59.4 Å². The second-order valence-corrected chi connectivity index (χ2v) is 7.38. The standard InChI is InChI=1S/C21H25N3O2S/c1-4-6-19-20(15(2)22-13-12-18-7-5-14-27-18)21(25)24(23-19)16-8-10-17(26-3)11-9-16/h5,7-11,14,23H,4,6,12-13H2,1-3H3. The molecule has 0 amide bonds. The summed E-state index contributed by atoms with van der Waals surface area (Å²) in [6.45, 7) is 4.72. The van der Waals surface area contributed by atoms with Crippen LogP contribution in [0.25, 0.3) is 5.69 Å². The molecule has 0 saturated heterocycles. The Labute approximate surface area is 163 Å². The average Bonchev–Trinajstić information content (AvgIpc) is 3.30. The molecular weight excluding hydrogens is 358 g/mol. The van der Waals surface area contributed by atoms with Crippen LogP contribution in [0.2, 0.25) is 0 Å². The summed E-state index contributed by atoms with van der Waals surface area (Å²) in [4.78, 5) is 19.1. The number of ether oxygens (including phenoxy) is 1. The van der Waals surface area contributed by atoms with Gasteiger partial charge in [-0.2, -0.15) is 0 Å². The quantitative estimate of drug-likeness (QED) is 0.592. The molecule has 5 nitrogen and oxygen atoms in total. The number of aliphatic imine (C=N–C) groups is 1. The van der Waals surface area contributed by atoms with Crippen molar-refractivity contribution < 1.29 is 4.74 Å². The monoisotopic (exact) mass is 383 g/mol. The van der Waals surface area contributed by atoms with E-state index in [-0.39, 0.29) is 5.56 Å². The molecular formula is C21H25N3O2S. The number of rotatable bonds is 8. The summed E-state index contributed by atoms with van der Waals surface area (Å²) in [5.74, 6) is 0.763. The lowest BCUT2D eigenvalue weighted by atomic mass is 10.1. The van der Waals surface area contributed by atoms with Crippen molar-refractivity contribution in [1.82, 2.24) is 9.78 Å². The third kappa shape index (κ3) is 4.39. The van der Waals surface area contributed by atoms with Crippen molar-refractivity contribution in [3.05, 3.63) is 68.3 Å². The zero-order valence-electron chi connectivity index (χ0n) is 16.0. The second kappa shape index (κ2) is 8.86. The van der Waals surface area contributed by atoms with E-state index in [1.54, 1.807) is 23.1 Å². The minimum absolute atomic E-state index is 0.0546. The van der Waals surface area contributed by atoms with Gasteiger partial charge in [0.25, 0.3) is 5.56 Å². The van der Waals surface area contributed by atoms with Crippen LogP contribution in [0.3, 0.4) is 0 Å². The molecule has 0 saturated carbocycles. The van der Waals surface area contributed by atoms with Crippen LogP contribution in [-0.4, -0.2) is 29.1 Å². The number of thiophene rings is 1. The Bertz CT molecular complexity index is 950. The predicted octanol–water partition coefficient (Wildman–Crippen LogP) is 4.24. The number of hydrogen-bond donors (Lipinski definition) is 1. The van der Waals surface area contributed by atoms with Gasteiger partial charge in [-0.3, -0.25) is 14.9 Å². The van der Waals surface area contributed by atoms with Crippen LogP contribution < -0.4 is 10.3 Å². The van der Waals surface area contributed by atoms with Crippen molar-refractivity contribution in [2.45, 2.75) is 33.1 Å². The molecule has 0 radical (unpaired) electrons. The lowest BCUT2D eigenvalue weighted by Gasteiger charge is -2.03. The van der Waals surface area contributed by atoms with Crippen LogP contribution in [0.4, 0.5) is 0 Å². The van der Waals surface area contributed by atoms with Gasteiger partial charge < -0.3 is 4.74 Å². The molecule has 6 heteroatoms. The van der Waals surface area contributed by atoms with E-state index in [1.807, 2.05) is 31.2 Å². The summed E-state index contributed by atoms with van der Waals surface area (Å²) in [7, 11) is 1.63. The fourth-order valence-corrected chi connectivity index (χ4v) is 3.77. The Morgan fingerprint density at radius 3 is 2.63 bits per heavy atom. The Balaban J connectivity index is 1.90. The van der Waals surface area contributed by atoms with Gasteiger partial charge in [-0.25, -0.2) is 4.68 Å². The van der Waals surface area contributed by atoms with E-state index in [2.05, 4.69) is 34.5 Å². The highest BCUT2D eigenvalue weighted by Gasteiger charge is 2.17. The van der Waals surface area contributed by atoms with Crippen LogP contribution in [0, 0.1) is 0 Å². The summed E-state index contributed by atoms with van der Waals surface area (Å²) in [6, 6.07) is 11.6. The summed E-state index contributed by atoms with van der Waals surface area (Å²) >= 11 is 1.74. The molecule has 2 heterocycles. The van der Waals surface area contributed by atoms with E-state index < -0.39 is 0 Å². The Morgan fingerprint density at radius 1 is 1.22 bits per heavy atom. The first-order valence-electron chi connectivity index (χ1n) is 9.16. The molecule has 3 rings (SSSR count). The largest absolute Gasteiger partial charge is 0.497 e. The first-order valence-corrected chi connectivity index (χ1v) is 10.0. The third-order valence-corrected chi connectivity index (χ3v) is 5.38. The summed E-state index contributed by atoms with van der Waals surface area (Å²) in [5.41, 5.74) is 3.16. The van der Waals surface area contributed by atoms with E-state index in [0.29, 0.717) is 12.1 Å². The van der Waals surface area contributed by atoms with E-state index in [9.17, 15) is 4.79 Å². The maximum absolute atomic E-state index is 13.1. The Kier molecular flexibility index (Phi) is 6.29. The first-order chi connectivity index (χ1) is 13.1. The van der Waals surface area contributed by atoms with Gasteiger partial charge in [0.2, 0.25) is 0 Å². The fraction of sp³-hybridized carbons (Fsp3) is 0.333. The maximum atomic E-state index is 13.1. The van der Waals surface area contributed by atoms with Gasteiger partial charge in [0.15, 0.2) is 0 Å². The van der Waals surface area contributed by atoms with E-state index in [4.69, 9.17) is 4.74 Å². The molecule has 0 aliphatic rings. The second-order valence-electron chi connectivity index (χ2n) is 6.35. The number of aromatic nitrogens is 2. The number of methoxy groups -OCH3 is 1. The molecule has 0 unspecified atom stereocenters. The minimum Gasteiger partial charge on any atom is -0.497 e. The van der Waals surface area contributed by atoms with Crippen LogP contribution >= 0.6 is 11.3 Å². The highest BCUT2D eigenvalue weighted by molar-refractivity contribution is 7.09. The number of aryl methyl sites for hydroxylation is 1. The summed E-state index contributed by atoms with van der Waals surface area (Å²) < 4.78 is 6.80. The number of aromatic amines is 1. The molecule has 3 aromatic rings. The SMILES string of the molecule is CCCc1[nH]n(-c2ccc(OC)cc2)c(=O)c1C(C)=NCCc1cccs1. The zero-order chi connectivity index (χ0) is 19.2. The molecule has 1 aromatic carbocycles. The summed E-state index contributed by atoms with van der Waals surface area (Å²) in [5, 5.41) is 5.35. The maximum Gasteiger partial charge on any atom is 0.280 e. The van der Waals surface area contributed by atoms with Crippen LogP contribution in [-0.2, 0) is 12.8 Å². The van der Waals surface area contributed by atoms with E-state index >= 15 is 0 Å². The smallest absolute Gasteiger partial charge is 0.280 e. The number of nitrogens with one attached hydrogen (secondary N) is 1. The number of nitrogens with zero attached hydrogens (tertiary/aromatic N) is 2. The summed E-state index contributed by atoms with van der Waals surface area (Å²) in [6.07, 6.45) is 2.67. The molecule has 142 valence electrons. The molecule has 0 fully saturated rings. The first kappa shape index (κ1) is 19.2.